The number of benzene rings is 1. The Morgan fingerprint density at radius 2 is 1.79 bits per heavy atom. The zero-order valence-electron chi connectivity index (χ0n) is 18.0. The van der Waals surface area contributed by atoms with Gasteiger partial charge in [0.15, 0.2) is 0 Å². The smallest absolute Gasteiger partial charge is 0.326 e. The van der Waals surface area contributed by atoms with Crippen LogP contribution in [0.3, 0.4) is 0 Å². The van der Waals surface area contributed by atoms with Crippen molar-refractivity contribution in [3.05, 3.63) is 69.8 Å². The van der Waals surface area contributed by atoms with Gasteiger partial charge in [-0.05, 0) is 56.9 Å². The van der Waals surface area contributed by atoms with Gasteiger partial charge in [-0.3, -0.25) is 4.79 Å². The highest BCUT2D eigenvalue weighted by Crippen LogP contribution is 2.35. The van der Waals surface area contributed by atoms with Gasteiger partial charge in [0.25, 0.3) is 5.91 Å². The summed E-state index contributed by atoms with van der Waals surface area (Å²) >= 11 is 0. The van der Waals surface area contributed by atoms with Crippen LogP contribution in [0.25, 0.3) is 0 Å². The van der Waals surface area contributed by atoms with E-state index in [9.17, 15) is 9.59 Å². The van der Waals surface area contributed by atoms with E-state index in [4.69, 9.17) is 5.11 Å². The highest BCUT2D eigenvalue weighted by molar-refractivity contribution is 5.97. The van der Waals surface area contributed by atoms with Crippen LogP contribution >= 0.6 is 0 Å². The first-order chi connectivity index (χ1) is 13.0. The monoisotopic (exact) mass is 381 g/mol. The molecular weight excluding hydrogens is 350 g/mol. The minimum atomic E-state index is -1.02. The summed E-state index contributed by atoms with van der Waals surface area (Å²) in [6.07, 6.45) is 7.57. The minimum absolute atomic E-state index is 0.200. The molecule has 0 saturated carbocycles. The van der Waals surface area contributed by atoms with E-state index in [0.29, 0.717) is 5.56 Å². The van der Waals surface area contributed by atoms with Crippen LogP contribution < -0.4 is 0 Å². The highest BCUT2D eigenvalue weighted by Gasteiger charge is 2.27. The van der Waals surface area contributed by atoms with Crippen molar-refractivity contribution >= 4 is 11.9 Å². The van der Waals surface area contributed by atoms with Crippen LogP contribution in [0, 0.1) is 6.92 Å². The molecule has 4 nitrogen and oxygen atoms in total. The van der Waals surface area contributed by atoms with Crippen molar-refractivity contribution < 1.29 is 14.7 Å². The van der Waals surface area contributed by atoms with Gasteiger partial charge in [-0.2, -0.15) is 0 Å². The van der Waals surface area contributed by atoms with E-state index in [2.05, 4.69) is 45.9 Å². The van der Waals surface area contributed by atoms with Crippen LogP contribution in [0.15, 0.2) is 53.1 Å². The second-order valence-electron chi connectivity index (χ2n) is 8.25. The molecule has 0 heterocycles. The van der Waals surface area contributed by atoms with Crippen LogP contribution in [0.5, 0.6) is 0 Å². The molecular formula is C24H31NO3. The molecule has 0 fully saturated rings. The summed E-state index contributed by atoms with van der Waals surface area (Å²) in [5, 5.41) is 9.16. The zero-order chi connectivity index (χ0) is 21.2. The average Bonchev–Trinajstić information content (AvgIpc) is 2.81. The minimum Gasteiger partial charge on any atom is -0.480 e. The Morgan fingerprint density at radius 1 is 1.14 bits per heavy atom. The van der Waals surface area contributed by atoms with E-state index in [0.717, 1.165) is 17.5 Å². The third kappa shape index (κ3) is 4.27. The van der Waals surface area contributed by atoms with Gasteiger partial charge in [-0.25, -0.2) is 4.79 Å². The molecule has 0 aliphatic heterocycles. The maximum atomic E-state index is 12.7. The van der Waals surface area contributed by atoms with E-state index >= 15 is 0 Å². The number of carbonyl (C=O) groups excluding carboxylic acids is 1. The standard InChI is InChI=1S/C24H31NO3/c1-15-8-10-19(11-9-16(15)2)24(5,6)20-12-13-21(17(3)14-20)22(26)25(7)18(4)23(27)28/h8,10-14,18H,9H2,1-7H3,(H,27,28). The Morgan fingerprint density at radius 3 is 2.36 bits per heavy atom. The molecule has 28 heavy (non-hydrogen) atoms. The number of nitrogens with zero attached hydrogens (tertiary/aromatic N) is 1. The molecule has 1 aliphatic rings. The molecule has 1 atom stereocenters. The van der Waals surface area contributed by atoms with Crippen LogP contribution in [0.2, 0.25) is 0 Å². The topological polar surface area (TPSA) is 57.6 Å². The number of rotatable bonds is 5. The van der Waals surface area contributed by atoms with Crippen LogP contribution in [0.4, 0.5) is 0 Å². The number of carboxylic acids is 1. The van der Waals surface area contributed by atoms with Gasteiger partial charge in [-0.15, -0.1) is 0 Å². The summed E-state index contributed by atoms with van der Waals surface area (Å²) in [4.78, 5) is 25.2. The number of aliphatic carboxylic acids is 1. The van der Waals surface area contributed by atoms with Gasteiger partial charge in [-0.1, -0.05) is 55.4 Å². The van der Waals surface area contributed by atoms with E-state index in [-0.39, 0.29) is 11.3 Å². The van der Waals surface area contributed by atoms with E-state index in [1.807, 2.05) is 25.1 Å². The summed E-state index contributed by atoms with van der Waals surface area (Å²) in [6.45, 7) is 12.1. The normalized spacial score (nSPS) is 15.8. The number of carboxylic acid groups (broad SMARTS) is 1. The fraction of sp³-hybridized carbons (Fsp3) is 0.417. The lowest BCUT2D eigenvalue weighted by Crippen LogP contribution is -2.40. The van der Waals surface area contributed by atoms with E-state index in [1.165, 1.54) is 35.6 Å². The summed E-state index contributed by atoms with van der Waals surface area (Å²) in [5.41, 5.74) is 6.23. The quantitative estimate of drug-likeness (QED) is 0.777. The lowest BCUT2D eigenvalue weighted by molar-refractivity contribution is -0.141. The molecule has 0 aromatic heterocycles. The zero-order valence-corrected chi connectivity index (χ0v) is 18.0. The second-order valence-corrected chi connectivity index (χ2v) is 8.25. The Bertz CT molecular complexity index is 887. The highest BCUT2D eigenvalue weighted by atomic mass is 16.4. The summed E-state index contributed by atoms with van der Waals surface area (Å²) in [5.74, 6) is -1.29. The number of allylic oxidation sites excluding steroid dienone is 6. The molecule has 0 saturated heterocycles. The lowest BCUT2D eigenvalue weighted by Gasteiger charge is -2.29. The molecule has 1 amide bonds. The molecule has 150 valence electrons. The second kappa shape index (κ2) is 8.17. The van der Waals surface area contributed by atoms with Crippen molar-refractivity contribution in [2.75, 3.05) is 7.05 Å². The number of hydrogen-bond acceptors (Lipinski definition) is 2. The number of likely N-dealkylation sites (N-methyl/N-ethyl adjacent to an activating group) is 1. The molecule has 1 N–H and O–H groups in total. The van der Waals surface area contributed by atoms with Crippen molar-refractivity contribution in [3.63, 3.8) is 0 Å². The predicted molar refractivity (Wildman–Crippen MR) is 114 cm³/mol. The first-order valence-corrected chi connectivity index (χ1v) is 9.63. The third-order valence-electron chi connectivity index (χ3n) is 5.97. The Kier molecular flexibility index (Phi) is 6.33. The van der Waals surface area contributed by atoms with Crippen LogP contribution in [0.1, 0.15) is 62.5 Å². The molecule has 4 heteroatoms. The van der Waals surface area contributed by atoms with E-state index in [1.54, 1.807) is 0 Å². The van der Waals surface area contributed by atoms with Gasteiger partial charge in [0.05, 0.1) is 0 Å². The van der Waals surface area contributed by atoms with Crippen molar-refractivity contribution in [3.8, 4) is 0 Å². The number of aryl methyl sites for hydroxylation is 1. The van der Waals surface area contributed by atoms with Crippen molar-refractivity contribution in [2.45, 2.75) is 59.4 Å². The summed E-state index contributed by atoms with van der Waals surface area (Å²) < 4.78 is 0. The van der Waals surface area contributed by atoms with Gasteiger partial charge < -0.3 is 10.0 Å². The lowest BCUT2D eigenvalue weighted by atomic mass is 9.76. The van der Waals surface area contributed by atoms with E-state index < -0.39 is 12.0 Å². The SMILES string of the molecule is CC1=C(C)CC=C(C(C)(C)c2ccc(C(=O)N(C)C(C)C(=O)O)c(C)c2)C=C1. The number of carbonyl (C=O) groups is 2. The van der Waals surface area contributed by atoms with Crippen molar-refractivity contribution in [1.82, 2.24) is 4.90 Å². The Balaban J connectivity index is 2.34. The molecule has 1 unspecified atom stereocenters. The number of hydrogen-bond donors (Lipinski definition) is 1. The fourth-order valence-corrected chi connectivity index (χ4v) is 3.30. The van der Waals surface area contributed by atoms with Crippen LogP contribution in [-0.4, -0.2) is 35.0 Å². The van der Waals surface area contributed by atoms with Crippen LogP contribution in [-0.2, 0) is 10.2 Å². The van der Waals surface area contributed by atoms with Crippen molar-refractivity contribution in [1.29, 1.82) is 0 Å². The van der Waals surface area contributed by atoms with Gasteiger partial charge in [0, 0.05) is 18.0 Å². The van der Waals surface area contributed by atoms with Crippen molar-refractivity contribution in [2.24, 2.45) is 0 Å². The molecule has 1 aliphatic carbocycles. The fourth-order valence-electron chi connectivity index (χ4n) is 3.30. The Hall–Kier alpha value is -2.62. The Labute approximate surface area is 168 Å². The first kappa shape index (κ1) is 21.7. The molecule has 1 aromatic carbocycles. The summed E-state index contributed by atoms with van der Waals surface area (Å²) in [6, 6.07) is 4.96. The van der Waals surface area contributed by atoms with Gasteiger partial charge >= 0.3 is 5.97 Å². The molecule has 1 aromatic rings. The molecule has 0 bridgehead atoms. The third-order valence-corrected chi connectivity index (χ3v) is 5.97. The first-order valence-electron chi connectivity index (χ1n) is 9.63. The molecule has 0 radical (unpaired) electrons. The molecule has 2 rings (SSSR count). The maximum absolute atomic E-state index is 12.7. The largest absolute Gasteiger partial charge is 0.480 e. The maximum Gasteiger partial charge on any atom is 0.326 e. The van der Waals surface area contributed by atoms with Gasteiger partial charge in [0.2, 0.25) is 0 Å². The van der Waals surface area contributed by atoms with Gasteiger partial charge in [0.1, 0.15) is 6.04 Å². The number of amides is 1. The average molecular weight is 382 g/mol. The molecule has 0 spiro atoms. The summed E-state index contributed by atoms with van der Waals surface area (Å²) in [7, 11) is 1.53. The predicted octanol–water partition coefficient (Wildman–Crippen LogP) is 5.04.